The van der Waals surface area contributed by atoms with Crippen molar-refractivity contribution in [1.82, 2.24) is 5.32 Å². The number of hydrogen-bond donors (Lipinski definition) is 2. The molecule has 0 aliphatic carbocycles. The van der Waals surface area contributed by atoms with Crippen LogP contribution < -0.4 is 5.32 Å². The third-order valence-corrected chi connectivity index (χ3v) is 3.01. The van der Waals surface area contributed by atoms with Crippen molar-refractivity contribution in [2.24, 2.45) is 0 Å². The van der Waals surface area contributed by atoms with Crippen molar-refractivity contribution in [3.63, 3.8) is 0 Å². The Kier molecular flexibility index (Phi) is 3.61. The summed E-state index contributed by atoms with van der Waals surface area (Å²) in [4.78, 5) is 22.7. The van der Waals surface area contributed by atoms with Crippen LogP contribution in [0.4, 0.5) is 0 Å². The number of aliphatic carboxylic acids is 1. The first-order valence-corrected chi connectivity index (χ1v) is 5.77. The molecular formula is C15H13NO3. The molecule has 1 amide bonds. The van der Waals surface area contributed by atoms with Crippen LogP contribution in [0.3, 0.4) is 0 Å². The summed E-state index contributed by atoms with van der Waals surface area (Å²) < 4.78 is 0. The van der Waals surface area contributed by atoms with Gasteiger partial charge < -0.3 is 10.4 Å². The van der Waals surface area contributed by atoms with Gasteiger partial charge >= 0.3 is 5.97 Å². The predicted octanol–water partition coefficient (Wildman–Crippen LogP) is 1.76. The minimum absolute atomic E-state index is 0.411. The Hall–Kier alpha value is -2.62. The Morgan fingerprint density at radius 1 is 0.947 bits per heavy atom. The minimum Gasteiger partial charge on any atom is -0.479 e. The van der Waals surface area contributed by atoms with Crippen LogP contribution in [0.1, 0.15) is 11.1 Å². The number of rotatable bonds is 5. The molecule has 0 saturated heterocycles. The van der Waals surface area contributed by atoms with Crippen LogP contribution in [-0.2, 0) is 15.1 Å². The number of hydrogen-bond acceptors (Lipinski definition) is 2. The van der Waals surface area contributed by atoms with Gasteiger partial charge in [0.25, 0.3) is 0 Å². The third kappa shape index (κ3) is 2.20. The van der Waals surface area contributed by atoms with E-state index in [0.29, 0.717) is 17.5 Å². The maximum absolute atomic E-state index is 11.8. The lowest BCUT2D eigenvalue weighted by Gasteiger charge is -2.29. The molecule has 19 heavy (non-hydrogen) atoms. The topological polar surface area (TPSA) is 66.4 Å². The van der Waals surface area contributed by atoms with Crippen LogP contribution in [0.2, 0.25) is 0 Å². The second kappa shape index (κ2) is 5.35. The van der Waals surface area contributed by atoms with E-state index in [0.717, 1.165) is 0 Å². The molecule has 0 atom stereocenters. The summed E-state index contributed by atoms with van der Waals surface area (Å²) in [7, 11) is 0. The zero-order chi connectivity index (χ0) is 13.7. The van der Waals surface area contributed by atoms with Crippen molar-refractivity contribution in [2.75, 3.05) is 0 Å². The Morgan fingerprint density at radius 2 is 1.37 bits per heavy atom. The maximum atomic E-state index is 11.8. The lowest BCUT2D eigenvalue weighted by Crippen LogP contribution is -2.49. The number of carboxylic acids is 1. The fourth-order valence-corrected chi connectivity index (χ4v) is 2.11. The van der Waals surface area contributed by atoms with Gasteiger partial charge in [0.2, 0.25) is 6.41 Å². The molecule has 0 aliphatic rings. The molecule has 2 N–H and O–H groups in total. The second-order valence-electron chi connectivity index (χ2n) is 4.05. The molecule has 0 spiro atoms. The fraction of sp³-hybridized carbons (Fsp3) is 0.0667. The summed E-state index contributed by atoms with van der Waals surface area (Å²) in [6.45, 7) is 0. The summed E-state index contributed by atoms with van der Waals surface area (Å²) in [5, 5.41) is 12.1. The van der Waals surface area contributed by atoms with E-state index in [9.17, 15) is 14.7 Å². The van der Waals surface area contributed by atoms with Gasteiger partial charge in [0.05, 0.1) is 0 Å². The molecule has 2 rings (SSSR count). The van der Waals surface area contributed by atoms with Crippen molar-refractivity contribution in [2.45, 2.75) is 5.54 Å². The predicted molar refractivity (Wildman–Crippen MR) is 70.5 cm³/mol. The third-order valence-electron chi connectivity index (χ3n) is 3.01. The highest BCUT2D eigenvalue weighted by Gasteiger charge is 2.41. The standard InChI is InChI=1S/C15H13NO3/c17-11-16-15(14(18)19,12-7-3-1-4-8-12)13-9-5-2-6-10-13/h1-11H,(H,16,17)(H,18,19). The largest absolute Gasteiger partial charge is 0.479 e. The molecule has 0 heterocycles. The van der Waals surface area contributed by atoms with E-state index in [1.54, 1.807) is 60.7 Å². The summed E-state index contributed by atoms with van der Waals surface area (Å²) >= 11 is 0. The van der Waals surface area contributed by atoms with Gasteiger partial charge in [-0.15, -0.1) is 0 Å². The summed E-state index contributed by atoms with van der Waals surface area (Å²) in [5.41, 5.74) is -0.564. The SMILES string of the molecule is O=CNC(C(=O)O)(c1ccccc1)c1ccccc1. The monoisotopic (exact) mass is 255 g/mol. The zero-order valence-electron chi connectivity index (χ0n) is 10.1. The molecular weight excluding hydrogens is 242 g/mol. The molecule has 0 fully saturated rings. The van der Waals surface area contributed by atoms with Gasteiger partial charge in [-0.3, -0.25) is 4.79 Å². The van der Waals surface area contributed by atoms with E-state index in [-0.39, 0.29) is 0 Å². The number of nitrogens with one attached hydrogen (secondary N) is 1. The molecule has 0 unspecified atom stereocenters. The first-order chi connectivity index (χ1) is 9.21. The maximum Gasteiger partial charge on any atom is 0.338 e. The summed E-state index contributed by atoms with van der Waals surface area (Å²) in [6.07, 6.45) is 0.411. The summed E-state index contributed by atoms with van der Waals surface area (Å²) in [5.74, 6) is -1.13. The molecule has 4 nitrogen and oxygen atoms in total. The molecule has 0 aliphatic heterocycles. The molecule has 0 aromatic heterocycles. The normalized spacial score (nSPS) is 10.7. The number of carbonyl (C=O) groups excluding carboxylic acids is 1. The average Bonchev–Trinajstić information content (AvgIpc) is 2.46. The van der Waals surface area contributed by atoms with Gasteiger partial charge in [-0.25, -0.2) is 4.79 Å². The molecule has 2 aromatic carbocycles. The Balaban J connectivity index is 2.68. The lowest BCUT2D eigenvalue weighted by atomic mass is 9.83. The minimum atomic E-state index is -1.57. The van der Waals surface area contributed by atoms with E-state index >= 15 is 0 Å². The Morgan fingerprint density at radius 3 is 1.68 bits per heavy atom. The van der Waals surface area contributed by atoms with Crippen LogP contribution in [0, 0.1) is 0 Å². The van der Waals surface area contributed by atoms with Gasteiger partial charge in [-0.05, 0) is 11.1 Å². The highest BCUT2D eigenvalue weighted by atomic mass is 16.4. The number of carboxylic acid groups (broad SMARTS) is 1. The van der Waals surface area contributed by atoms with Crippen molar-refractivity contribution in [1.29, 1.82) is 0 Å². The smallest absolute Gasteiger partial charge is 0.338 e. The van der Waals surface area contributed by atoms with Gasteiger partial charge in [-0.1, -0.05) is 60.7 Å². The van der Waals surface area contributed by atoms with Gasteiger partial charge in [0.1, 0.15) is 0 Å². The number of carbonyl (C=O) groups is 2. The van der Waals surface area contributed by atoms with Crippen molar-refractivity contribution in [3.05, 3.63) is 71.8 Å². The van der Waals surface area contributed by atoms with Crippen LogP contribution in [0.15, 0.2) is 60.7 Å². The van der Waals surface area contributed by atoms with Gasteiger partial charge in [0, 0.05) is 0 Å². The van der Waals surface area contributed by atoms with Gasteiger partial charge in [0.15, 0.2) is 5.54 Å². The molecule has 96 valence electrons. The lowest BCUT2D eigenvalue weighted by molar-refractivity contribution is -0.144. The average molecular weight is 255 g/mol. The fourth-order valence-electron chi connectivity index (χ4n) is 2.11. The van der Waals surface area contributed by atoms with Crippen molar-refractivity contribution < 1.29 is 14.7 Å². The Labute approximate surface area is 110 Å². The van der Waals surface area contributed by atoms with Crippen LogP contribution >= 0.6 is 0 Å². The van der Waals surface area contributed by atoms with Gasteiger partial charge in [-0.2, -0.15) is 0 Å². The van der Waals surface area contributed by atoms with E-state index in [2.05, 4.69) is 5.32 Å². The first-order valence-electron chi connectivity index (χ1n) is 5.77. The van der Waals surface area contributed by atoms with E-state index in [1.807, 2.05) is 0 Å². The highest BCUT2D eigenvalue weighted by Crippen LogP contribution is 2.29. The molecule has 0 radical (unpaired) electrons. The molecule has 0 bridgehead atoms. The number of benzene rings is 2. The Bertz CT molecular complexity index is 527. The summed E-state index contributed by atoms with van der Waals surface area (Å²) in [6, 6.07) is 17.3. The van der Waals surface area contributed by atoms with Crippen molar-refractivity contribution >= 4 is 12.4 Å². The van der Waals surface area contributed by atoms with Crippen LogP contribution in [-0.4, -0.2) is 17.5 Å². The second-order valence-corrected chi connectivity index (χ2v) is 4.05. The molecule has 0 saturated carbocycles. The zero-order valence-corrected chi connectivity index (χ0v) is 10.1. The number of amides is 1. The van der Waals surface area contributed by atoms with E-state index in [4.69, 9.17) is 0 Å². The van der Waals surface area contributed by atoms with E-state index in [1.165, 1.54) is 0 Å². The van der Waals surface area contributed by atoms with Crippen LogP contribution in [0.25, 0.3) is 0 Å². The van der Waals surface area contributed by atoms with E-state index < -0.39 is 11.5 Å². The molecule has 2 aromatic rings. The molecule has 4 heteroatoms. The highest BCUT2D eigenvalue weighted by molar-refractivity contribution is 5.87. The first kappa shape index (κ1) is 12.8. The van der Waals surface area contributed by atoms with Crippen molar-refractivity contribution in [3.8, 4) is 0 Å². The quantitative estimate of drug-likeness (QED) is 0.800. The van der Waals surface area contributed by atoms with Crippen LogP contribution in [0.5, 0.6) is 0 Å².